The molecular formula is C13H20N2O2. The van der Waals surface area contributed by atoms with Crippen LogP contribution < -0.4 is 11.5 Å². The fourth-order valence-corrected chi connectivity index (χ4v) is 5.09. The average molecular weight is 236 g/mol. The van der Waals surface area contributed by atoms with Crippen molar-refractivity contribution < 1.29 is 9.59 Å². The van der Waals surface area contributed by atoms with Crippen molar-refractivity contribution in [1.82, 2.24) is 0 Å². The molecule has 3 atom stereocenters. The number of hydrogen-bond donors (Lipinski definition) is 2. The van der Waals surface area contributed by atoms with Crippen molar-refractivity contribution in [3.8, 4) is 0 Å². The number of primary amides is 1. The van der Waals surface area contributed by atoms with Crippen LogP contribution in [0.4, 0.5) is 0 Å². The van der Waals surface area contributed by atoms with E-state index in [1.54, 1.807) is 0 Å². The number of ketones is 1. The van der Waals surface area contributed by atoms with Gasteiger partial charge < -0.3 is 11.5 Å². The number of Topliss-reactive ketones (excluding diaryl/α,β-unsaturated/α-hetero) is 1. The van der Waals surface area contributed by atoms with Gasteiger partial charge in [-0.15, -0.1) is 0 Å². The van der Waals surface area contributed by atoms with Gasteiger partial charge in [-0.3, -0.25) is 9.59 Å². The Morgan fingerprint density at radius 1 is 1.12 bits per heavy atom. The van der Waals surface area contributed by atoms with Gasteiger partial charge in [0.2, 0.25) is 5.91 Å². The van der Waals surface area contributed by atoms with E-state index in [4.69, 9.17) is 11.5 Å². The van der Waals surface area contributed by atoms with E-state index in [0.29, 0.717) is 17.8 Å². The Hall–Kier alpha value is -0.900. The van der Waals surface area contributed by atoms with Gasteiger partial charge in [-0.1, -0.05) is 0 Å². The van der Waals surface area contributed by atoms with Crippen molar-refractivity contribution in [2.45, 2.75) is 32.1 Å². The molecule has 0 aromatic heterocycles. The summed E-state index contributed by atoms with van der Waals surface area (Å²) in [6.07, 6.45) is 5.08. The highest BCUT2D eigenvalue weighted by Gasteiger charge is 2.61. The average Bonchev–Trinajstić information content (AvgIpc) is 2.26. The first-order chi connectivity index (χ1) is 8.06. The van der Waals surface area contributed by atoms with Crippen LogP contribution in [-0.2, 0) is 9.59 Å². The lowest BCUT2D eigenvalue weighted by atomic mass is 9.44. The number of nitrogens with two attached hydrogens (primary N) is 2. The quantitative estimate of drug-likeness (QED) is 0.745. The molecule has 4 bridgehead atoms. The summed E-state index contributed by atoms with van der Waals surface area (Å²) in [5.74, 6) is 1.20. The molecule has 0 saturated heterocycles. The van der Waals surface area contributed by atoms with Crippen LogP contribution in [0.1, 0.15) is 32.1 Å². The van der Waals surface area contributed by atoms with E-state index in [1.165, 1.54) is 6.42 Å². The van der Waals surface area contributed by atoms with Gasteiger partial charge in [0.05, 0.1) is 12.0 Å². The van der Waals surface area contributed by atoms with Crippen molar-refractivity contribution in [3.63, 3.8) is 0 Å². The zero-order valence-electron chi connectivity index (χ0n) is 10.0. The molecule has 4 fully saturated rings. The van der Waals surface area contributed by atoms with E-state index in [-0.39, 0.29) is 24.2 Å². The second kappa shape index (κ2) is 3.55. The highest BCUT2D eigenvalue weighted by molar-refractivity contribution is 5.92. The Bertz CT molecular complexity index is 366. The minimum atomic E-state index is -0.550. The van der Waals surface area contributed by atoms with Crippen molar-refractivity contribution in [2.75, 3.05) is 6.54 Å². The molecule has 94 valence electrons. The van der Waals surface area contributed by atoms with Gasteiger partial charge in [-0.05, 0) is 49.9 Å². The van der Waals surface area contributed by atoms with E-state index in [9.17, 15) is 9.59 Å². The largest absolute Gasteiger partial charge is 0.369 e. The van der Waals surface area contributed by atoms with Crippen LogP contribution >= 0.6 is 0 Å². The monoisotopic (exact) mass is 236 g/mol. The molecule has 0 spiro atoms. The molecule has 0 aromatic rings. The van der Waals surface area contributed by atoms with Gasteiger partial charge in [0.15, 0.2) is 5.78 Å². The minimum absolute atomic E-state index is 0.0472. The summed E-state index contributed by atoms with van der Waals surface area (Å²) >= 11 is 0. The fourth-order valence-electron chi connectivity index (χ4n) is 5.09. The predicted molar refractivity (Wildman–Crippen MR) is 62.7 cm³/mol. The molecule has 0 radical (unpaired) electrons. The summed E-state index contributed by atoms with van der Waals surface area (Å²) in [6.45, 7) is 0.0472. The Morgan fingerprint density at radius 2 is 1.71 bits per heavy atom. The van der Waals surface area contributed by atoms with Crippen molar-refractivity contribution in [1.29, 1.82) is 0 Å². The molecule has 4 aliphatic carbocycles. The third-order valence-corrected chi connectivity index (χ3v) is 5.35. The minimum Gasteiger partial charge on any atom is -0.369 e. The summed E-state index contributed by atoms with van der Waals surface area (Å²) in [5.41, 5.74) is 10.6. The maximum atomic E-state index is 12.1. The van der Waals surface area contributed by atoms with Gasteiger partial charge in [0.1, 0.15) is 0 Å². The van der Waals surface area contributed by atoms with Crippen LogP contribution in [0.2, 0.25) is 0 Å². The third-order valence-electron chi connectivity index (χ3n) is 5.35. The van der Waals surface area contributed by atoms with Crippen LogP contribution in [0.5, 0.6) is 0 Å². The molecule has 4 aliphatic rings. The third kappa shape index (κ3) is 1.39. The van der Waals surface area contributed by atoms with Crippen molar-refractivity contribution >= 4 is 11.7 Å². The Labute approximate surface area is 101 Å². The van der Waals surface area contributed by atoms with Gasteiger partial charge in [0, 0.05) is 5.92 Å². The number of hydrogen-bond acceptors (Lipinski definition) is 3. The molecular weight excluding hydrogens is 216 g/mol. The molecule has 4 nitrogen and oxygen atoms in total. The molecule has 0 aromatic carbocycles. The summed E-state index contributed by atoms with van der Waals surface area (Å²) < 4.78 is 0. The van der Waals surface area contributed by atoms with Gasteiger partial charge in [-0.25, -0.2) is 0 Å². The smallest absolute Gasteiger partial charge is 0.224 e. The Morgan fingerprint density at radius 3 is 2.18 bits per heavy atom. The molecule has 4 saturated carbocycles. The molecule has 4 heteroatoms. The maximum absolute atomic E-state index is 12.1. The van der Waals surface area contributed by atoms with Crippen molar-refractivity contribution in [2.24, 2.45) is 40.6 Å². The van der Waals surface area contributed by atoms with E-state index >= 15 is 0 Å². The zero-order valence-corrected chi connectivity index (χ0v) is 10.0. The lowest BCUT2D eigenvalue weighted by Gasteiger charge is -2.59. The molecule has 17 heavy (non-hydrogen) atoms. The summed E-state index contributed by atoms with van der Waals surface area (Å²) in [5, 5.41) is 0. The van der Waals surface area contributed by atoms with E-state index in [0.717, 1.165) is 25.7 Å². The lowest BCUT2D eigenvalue weighted by molar-refractivity contribution is -0.164. The SMILES string of the molecule is NCC(=O)C1C2CC3CC(C2)CC1(C(N)=O)C3. The molecule has 3 unspecified atom stereocenters. The molecule has 0 aliphatic heterocycles. The first kappa shape index (κ1) is 11.2. The van der Waals surface area contributed by atoms with Crippen LogP contribution in [0, 0.1) is 29.1 Å². The normalized spacial score (nSPS) is 47.1. The maximum Gasteiger partial charge on any atom is 0.224 e. The second-order valence-corrected chi connectivity index (χ2v) is 6.28. The number of carbonyl (C=O) groups excluding carboxylic acids is 2. The lowest BCUT2D eigenvalue weighted by Crippen LogP contribution is -2.61. The van der Waals surface area contributed by atoms with Crippen molar-refractivity contribution in [3.05, 3.63) is 0 Å². The van der Waals surface area contributed by atoms with Crippen LogP contribution in [0.3, 0.4) is 0 Å². The summed E-state index contributed by atoms with van der Waals surface area (Å²) in [7, 11) is 0. The molecule has 4 N–H and O–H groups in total. The Kier molecular flexibility index (Phi) is 2.34. The van der Waals surface area contributed by atoms with Gasteiger partial charge in [-0.2, -0.15) is 0 Å². The van der Waals surface area contributed by atoms with Gasteiger partial charge in [0.25, 0.3) is 0 Å². The molecule has 4 rings (SSSR count). The van der Waals surface area contributed by atoms with Crippen LogP contribution in [0.25, 0.3) is 0 Å². The number of amides is 1. The highest BCUT2D eigenvalue weighted by atomic mass is 16.2. The van der Waals surface area contributed by atoms with Crippen LogP contribution in [-0.4, -0.2) is 18.2 Å². The highest BCUT2D eigenvalue weighted by Crippen LogP contribution is 2.62. The topological polar surface area (TPSA) is 86.2 Å². The van der Waals surface area contributed by atoms with Gasteiger partial charge >= 0.3 is 0 Å². The first-order valence-electron chi connectivity index (χ1n) is 6.59. The molecule has 1 amide bonds. The van der Waals surface area contributed by atoms with E-state index < -0.39 is 5.41 Å². The Balaban J connectivity index is 2.01. The number of carbonyl (C=O) groups is 2. The first-order valence-corrected chi connectivity index (χ1v) is 6.59. The number of rotatable bonds is 3. The molecule has 0 heterocycles. The van der Waals surface area contributed by atoms with Crippen LogP contribution in [0.15, 0.2) is 0 Å². The zero-order chi connectivity index (χ0) is 12.2. The second-order valence-electron chi connectivity index (χ2n) is 6.28. The summed E-state index contributed by atoms with van der Waals surface area (Å²) in [6, 6.07) is 0. The van der Waals surface area contributed by atoms with E-state index in [1.807, 2.05) is 0 Å². The summed E-state index contributed by atoms with van der Waals surface area (Å²) in [4.78, 5) is 24.0. The van der Waals surface area contributed by atoms with E-state index in [2.05, 4.69) is 0 Å². The fraction of sp³-hybridized carbons (Fsp3) is 0.846. The standard InChI is InChI=1S/C13H20N2O2/c14-6-10(16)11-9-2-7-1-8(3-9)5-13(11,4-7)12(15)17/h7-9,11H,1-6,14H2,(H2,15,17). The predicted octanol–water partition coefficient (Wildman–Crippen LogP) is 0.442.